The van der Waals surface area contributed by atoms with Crippen LogP contribution in [0.25, 0.3) is 22.4 Å². The number of nitrogens with one attached hydrogen (secondary N) is 1. The Morgan fingerprint density at radius 2 is 2.04 bits per heavy atom. The molecule has 3 rings (SSSR count). The number of unbranched alkanes of at least 4 members (excludes halogenated alkanes) is 1. The summed E-state index contributed by atoms with van der Waals surface area (Å²) in [6, 6.07) is 7.64. The molecule has 0 unspecified atom stereocenters. The molecule has 0 atom stereocenters. The second kappa shape index (κ2) is 8.18. The number of aromatic amines is 1. The number of thiophene rings is 1. The van der Waals surface area contributed by atoms with E-state index < -0.39 is 5.97 Å². The lowest BCUT2D eigenvalue weighted by Gasteiger charge is -2.05. The van der Waals surface area contributed by atoms with E-state index in [0.717, 1.165) is 35.5 Å². The normalized spacial score (nSPS) is 11.3. The number of benzene rings is 1. The van der Waals surface area contributed by atoms with E-state index in [-0.39, 0.29) is 10.4 Å². The molecule has 0 saturated carbocycles. The third-order valence-corrected chi connectivity index (χ3v) is 5.27. The average molecular weight is 384 g/mol. The zero-order valence-corrected chi connectivity index (χ0v) is 15.9. The predicted molar refractivity (Wildman–Crippen MR) is 108 cm³/mol. The molecule has 0 saturated heterocycles. The Kier molecular flexibility index (Phi) is 5.71. The van der Waals surface area contributed by atoms with Crippen molar-refractivity contribution >= 4 is 39.7 Å². The van der Waals surface area contributed by atoms with Crippen molar-refractivity contribution in [2.75, 3.05) is 6.61 Å². The van der Waals surface area contributed by atoms with Crippen LogP contribution in [0.4, 0.5) is 0 Å². The summed E-state index contributed by atoms with van der Waals surface area (Å²) in [5.74, 6) is 0.158. The van der Waals surface area contributed by atoms with Crippen molar-refractivity contribution in [1.82, 2.24) is 9.97 Å². The molecule has 6 nitrogen and oxygen atoms in total. The van der Waals surface area contributed by atoms with Crippen molar-refractivity contribution in [3.8, 4) is 5.75 Å². The largest absolute Gasteiger partial charge is 0.494 e. The summed E-state index contributed by atoms with van der Waals surface area (Å²) in [4.78, 5) is 31.2. The van der Waals surface area contributed by atoms with Gasteiger partial charge in [-0.1, -0.05) is 31.6 Å². The van der Waals surface area contributed by atoms with E-state index in [1.165, 1.54) is 0 Å². The van der Waals surface area contributed by atoms with Gasteiger partial charge in [0.2, 0.25) is 0 Å². The van der Waals surface area contributed by atoms with E-state index in [1.54, 1.807) is 13.0 Å². The number of aromatic nitrogens is 2. The Balaban J connectivity index is 1.82. The van der Waals surface area contributed by atoms with Gasteiger partial charge in [-0.3, -0.25) is 4.79 Å². The lowest BCUT2D eigenvalue weighted by molar-refractivity contribution is 0.0701. The summed E-state index contributed by atoms with van der Waals surface area (Å²) in [5.41, 5.74) is 1.06. The van der Waals surface area contributed by atoms with Crippen molar-refractivity contribution in [2.24, 2.45) is 0 Å². The van der Waals surface area contributed by atoms with Crippen molar-refractivity contribution in [1.29, 1.82) is 0 Å². The second-order valence-electron chi connectivity index (χ2n) is 6.10. The minimum absolute atomic E-state index is 0.141. The van der Waals surface area contributed by atoms with Gasteiger partial charge in [-0.25, -0.2) is 9.78 Å². The maximum atomic E-state index is 12.3. The van der Waals surface area contributed by atoms with Crippen LogP contribution in [-0.2, 0) is 0 Å². The van der Waals surface area contributed by atoms with E-state index in [0.29, 0.717) is 28.2 Å². The van der Waals surface area contributed by atoms with Crippen LogP contribution in [0, 0.1) is 6.92 Å². The predicted octanol–water partition coefficient (Wildman–Crippen LogP) is 4.34. The smallest absolute Gasteiger partial charge is 0.346 e. The van der Waals surface area contributed by atoms with Crippen molar-refractivity contribution in [3.63, 3.8) is 0 Å². The number of carbonyl (C=O) groups is 1. The number of carboxylic acids is 1. The minimum atomic E-state index is -1.05. The molecule has 0 aliphatic rings. The molecule has 1 aromatic carbocycles. The van der Waals surface area contributed by atoms with E-state index in [9.17, 15) is 14.7 Å². The first-order valence-electron chi connectivity index (χ1n) is 8.67. The van der Waals surface area contributed by atoms with Crippen LogP contribution >= 0.6 is 11.3 Å². The highest BCUT2D eigenvalue weighted by Crippen LogP contribution is 2.27. The molecule has 2 aromatic heterocycles. The van der Waals surface area contributed by atoms with E-state index in [2.05, 4.69) is 16.9 Å². The fourth-order valence-corrected chi connectivity index (χ4v) is 3.66. The summed E-state index contributed by atoms with van der Waals surface area (Å²) in [6.07, 6.45) is 5.64. The number of aryl methyl sites for hydroxylation is 1. The number of ether oxygens (including phenoxy) is 1. The Morgan fingerprint density at radius 3 is 2.70 bits per heavy atom. The van der Waals surface area contributed by atoms with Crippen LogP contribution in [0.3, 0.4) is 0 Å². The van der Waals surface area contributed by atoms with Gasteiger partial charge in [0, 0.05) is 0 Å². The summed E-state index contributed by atoms with van der Waals surface area (Å²) in [6.45, 7) is 4.45. The number of hydrogen-bond donors (Lipinski definition) is 2. The number of rotatable bonds is 7. The minimum Gasteiger partial charge on any atom is -0.494 e. The van der Waals surface area contributed by atoms with Crippen molar-refractivity contribution in [3.05, 3.63) is 56.4 Å². The lowest BCUT2D eigenvalue weighted by atomic mass is 10.2. The van der Waals surface area contributed by atoms with Gasteiger partial charge in [-0.15, -0.1) is 11.3 Å². The molecule has 7 heteroatoms. The quantitative estimate of drug-likeness (QED) is 0.591. The summed E-state index contributed by atoms with van der Waals surface area (Å²) >= 11 is 1.01. The lowest BCUT2D eigenvalue weighted by Crippen LogP contribution is -2.09. The van der Waals surface area contributed by atoms with E-state index in [4.69, 9.17) is 4.74 Å². The van der Waals surface area contributed by atoms with Gasteiger partial charge in [0.05, 0.1) is 12.0 Å². The molecular weight excluding hydrogens is 364 g/mol. The van der Waals surface area contributed by atoms with Crippen LogP contribution < -0.4 is 10.3 Å². The number of nitrogens with zero attached hydrogens (tertiary/aromatic N) is 1. The fourth-order valence-electron chi connectivity index (χ4n) is 2.63. The maximum Gasteiger partial charge on any atom is 0.346 e. The number of carboxylic acid groups (broad SMARTS) is 1. The van der Waals surface area contributed by atoms with Crippen LogP contribution in [0.1, 0.15) is 46.4 Å². The molecule has 2 N–H and O–H groups in total. The first kappa shape index (κ1) is 18.8. The molecule has 0 aliphatic carbocycles. The zero-order chi connectivity index (χ0) is 19.4. The molecule has 0 amide bonds. The van der Waals surface area contributed by atoms with Gasteiger partial charge in [0.15, 0.2) is 0 Å². The number of aromatic carboxylic acids is 1. The first-order chi connectivity index (χ1) is 13.0. The Hall–Kier alpha value is -2.93. The molecule has 0 spiro atoms. The molecule has 2 heterocycles. The first-order valence-corrected chi connectivity index (χ1v) is 9.49. The summed E-state index contributed by atoms with van der Waals surface area (Å²) in [5, 5.41) is 9.55. The third-order valence-electron chi connectivity index (χ3n) is 4.09. The van der Waals surface area contributed by atoms with Gasteiger partial charge >= 0.3 is 5.97 Å². The van der Waals surface area contributed by atoms with Crippen LogP contribution in [-0.4, -0.2) is 27.7 Å². The molecule has 3 aromatic rings. The Bertz CT molecular complexity index is 1050. The highest BCUT2D eigenvalue weighted by Gasteiger charge is 2.18. The van der Waals surface area contributed by atoms with Crippen LogP contribution in [0.2, 0.25) is 0 Å². The number of fused-ring (bicyclic) bond motifs is 1. The number of hydrogen-bond acceptors (Lipinski definition) is 5. The van der Waals surface area contributed by atoms with Gasteiger partial charge in [-0.2, -0.15) is 0 Å². The Labute approximate surface area is 160 Å². The molecule has 0 radical (unpaired) electrons. The average Bonchev–Trinajstić information content (AvgIpc) is 2.98. The third kappa shape index (κ3) is 4.25. The number of H-pyrrole nitrogens is 1. The highest BCUT2D eigenvalue weighted by molar-refractivity contribution is 7.20. The van der Waals surface area contributed by atoms with Crippen LogP contribution in [0.15, 0.2) is 29.1 Å². The maximum absolute atomic E-state index is 12.3. The summed E-state index contributed by atoms with van der Waals surface area (Å²) < 4.78 is 5.63. The van der Waals surface area contributed by atoms with E-state index in [1.807, 2.05) is 30.3 Å². The van der Waals surface area contributed by atoms with Gasteiger partial charge in [0.1, 0.15) is 21.3 Å². The molecule has 0 aliphatic heterocycles. The van der Waals surface area contributed by atoms with Gasteiger partial charge in [0.25, 0.3) is 5.56 Å². The standard InChI is InChI=1S/C20H20N2O4S/c1-3-4-11-26-14-8-5-13(6-9-14)7-10-15-21-18(23)16-12(2)17(20(24)25)27-19(16)22-15/h5-10H,3-4,11H2,1-2H3,(H,24,25)(H,21,22,23). The molecule has 0 bridgehead atoms. The van der Waals surface area contributed by atoms with Crippen LogP contribution in [0.5, 0.6) is 5.75 Å². The van der Waals surface area contributed by atoms with Crippen molar-refractivity contribution < 1.29 is 14.6 Å². The molecular formula is C20H20N2O4S. The molecule has 27 heavy (non-hydrogen) atoms. The SMILES string of the molecule is CCCCOc1ccc(C=Cc2nc3sc(C(=O)O)c(C)c3c(=O)[nH]2)cc1. The molecule has 140 valence electrons. The topological polar surface area (TPSA) is 92.3 Å². The second-order valence-corrected chi connectivity index (χ2v) is 7.10. The van der Waals surface area contributed by atoms with E-state index >= 15 is 0 Å². The van der Waals surface area contributed by atoms with Gasteiger partial charge in [-0.05, 0) is 42.7 Å². The zero-order valence-electron chi connectivity index (χ0n) is 15.1. The van der Waals surface area contributed by atoms with Gasteiger partial charge < -0.3 is 14.8 Å². The highest BCUT2D eigenvalue weighted by atomic mass is 32.1. The fraction of sp³-hybridized carbons (Fsp3) is 0.250. The monoisotopic (exact) mass is 384 g/mol. The summed E-state index contributed by atoms with van der Waals surface area (Å²) in [7, 11) is 0. The molecule has 0 fully saturated rings. The Morgan fingerprint density at radius 1 is 1.30 bits per heavy atom. The van der Waals surface area contributed by atoms with Crippen molar-refractivity contribution in [2.45, 2.75) is 26.7 Å².